The lowest BCUT2D eigenvalue weighted by Crippen LogP contribution is -2.35. The highest BCUT2D eigenvalue weighted by Crippen LogP contribution is 2.27. The van der Waals surface area contributed by atoms with E-state index in [-0.39, 0.29) is 0 Å². The second-order valence-corrected chi connectivity index (χ2v) is 5.72. The third kappa shape index (κ3) is 2.93. The van der Waals surface area contributed by atoms with Gasteiger partial charge in [-0.2, -0.15) is 0 Å². The second kappa shape index (κ2) is 5.93. The first-order valence-electron chi connectivity index (χ1n) is 7.45. The van der Waals surface area contributed by atoms with Gasteiger partial charge in [-0.3, -0.25) is 0 Å². The first-order valence-corrected chi connectivity index (χ1v) is 7.45. The molecule has 104 valence electrons. The van der Waals surface area contributed by atoms with E-state index in [0.29, 0.717) is 18.6 Å². The number of rotatable bonds is 5. The molecule has 1 heterocycles. The van der Waals surface area contributed by atoms with E-state index in [1.807, 2.05) is 0 Å². The van der Waals surface area contributed by atoms with Crippen molar-refractivity contribution in [3.63, 3.8) is 0 Å². The van der Waals surface area contributed by atoms with Gasteiger partial charge in [0.25, 0.3) is 0 Å². The molecule has 2 aliphatic rings. The molecule has 1 saturated carbocycles. The van der Waals surface area contributed by atoms with Crippen LogP contribution in [0.4, 0.5) is 0 Å². The average molecular weight is 261 g/mol. The lowest BCUT2D eigenvalue weighted by molar-refractivity contribution is 0.206. The molecule has 3 rings (SSSR count). The van der Waals surface area contributed by atoms with E-state index in [4.69, 9.17) is 4.74 Å². The molecule has 3 heteroatoms. The van der Waals surface area contributed by atoms with Crippen molar-refractivity contribution in [2.24, 2.45) is 5.92 Å². The van der Waals surface area contributed by atoms with Gasteiger partial charge >= 0.3 is 0 Å². The van der Waals surface area contributed by atoms with Gasteiger partial charge in [-0.15, -0.1) is 0 Å². The molecule has 3 nitrogen and oxygen atoms in total. The summed E-state index contributed by atoms with van der Waals surface area (Å²) in [5.41, 5.74) is 2.74. The Morgan fingerprint density at radius 3 is 3.16 bits per heavy atom. The van der Waals surface area contributed by atoms with Gasteiger partial charge in [-0.05, 0) is 48.9 Å². The average Bonchev–Trinajstić information content (AvgIpc) is 3.06. The number of hydrogen-bond donors (Lipinski definition) is 2. The zero-order chi connectivity index (χ0) is 13.1. The van der Waals surface area contributed by atoms with Crippen molar-refractivity contribution in [1.29, 1.82) is 0 Å². The predicted molar refractivity (Wildman–Crippen MR) is 75.6 cm³/mol. The SMILES string of the molecule is OCC1CCCC1NCCc1ccc2c(c1)CCO2. The maximum atomic E-state index is 9.30. The second-order valence-electron chi connectivity index (χ2n) is 5.72. The molecule has 0 aromatic heterocycles. The number of fused-ring (bicyclic) bond motifs is 1. The first-order chi connectivity index (χ1) is 9.36. The minimum Gasteiger partial charge on any atom is -0.493 e. The summed E-state index contributed by atoms with van der Waals surface area (Å²) in [6.45, 7) is 2.16. The van der Waals surface area contributed by atoms with Crippen molar-refractivity contribution in [3.8, 4) is 5.75 Å². The maximum absolute atomic E-state index is 9.30. The van der Waals surface area contributed by atoms with Crippen molar-refractivity contribution in [2.75, 3.05) is 19.8 Å². The van der Waals surface area contributed by atoms with E-state index in [1.54, 1.807) is 0 Å². The predicted octanol–water partition coefficient (Wildman–Crippen LogP) is 1.91. The largest absolute Gasteiger partial charge is 0.493 e. The Balaban J connectivity index is 1.50. The molecule has 1 aromatic carbocycles. The summed E-state index contributed by atoms with van der Waals surface area (Å²) in [4.78, 5) is 0. The summed E-state index contributed by atoms with van der Waals surface area (Å²) in [5, 5.41) is 12.9. The van der Waals surface area contributed by atoms with Gasteiger partial charge < -0.3 is 15.2 Å². The number of benzene rings is 1. The van der Waals surface area contributed by atoms with Gasteiger partial charge in [0.15, 0.2) is 0 Å². The van der Waals surface area contributed by atoms with Crippen molar-refractivity contribution < 1.29 is 9.84 Å². The van der Waals surface area contributed by atoms with Gasteiger partial charge in [-0.25, -0.2) is 0 Å². The number of hydrogen-bond acceptors (Lipinski definition) is 3. The Labute approximate surface area is 115 Å². The van der Waals surface area contributed by atoms with Crippen LogP contribution >= 0.6 is 0 Å². The smallest absolute Gasteiger partial charge is 0.122 e. The summed E-state index contributed by atoms with van der Waals surface area (Å²) in [5.74, 6) is 1.53. The van der Waals surface area contributed by atoms with E-state index < -0.39 is 0 Å². The monoisotopic (exact) mass is 261 g/mol. The van der Waals surface area contributed by atoms with E-state index in [0.717, 1.165) is 31.7 Å². The third-order valence-electron chi connectivity index (χ3n) is 4.47. The molecular formula is C16H23NO2. The Morgan fingerprint density at radius 2 is 2.26 bits per heavy atom. The van der Waals surface area contributed by atoms with Crippen molar-refractivity contribution in [3.05, 3.63) is 29.3 Å². The van der Waals surface area contributed by atoms with E-state index in [9.17, 15) is 5.11 Å². The minimum absolute atomic E-state index is 0.327. The van der Waals surface area contributed by atoms with Crippen LogP contribution in [0.3, 0.4) is 0 Å². The van der Waals surface area contributed by atoms with Crippen LogP contribution in [0.1, 0.15) is 30.4 Å². The van der Waals surface area contributed by atoms with Crippen LogP contribution in [-0.2, 0) is 12.8 Å². The fraction of sp³-hybridized carbons (Fsp3) is 0.625. The molecule has 1 aromatic rings. The third-order valence-corrected chi connectivity index (χ3v) is 4.47. The lowest BCUT2D eigenvalue weighted by Gasteiger charge is -2.19. The highest BCUT2D eigenvalue weighted by Gasteiger charge is 2.25. The van der Waals surface area contributed by atoms with Crippen LogP contribution in [0.15, 0.2) is 18.2 Å². The summed E-state index contributed by atoms with van der Waals surface area (Å²) in [6, 6.07) is 7.07. The molecule has 19 heavy (non-hydrogen) atoms. The van der Waals surface area contributed by atoms with Gasteiger partial charge in [0.2, 0.25) is 0 Å². The molecule has 0 bridgehead atoms. The van der Waals surface area contributed by atoms with Gasteiger partial charge in [0.05, 0.1) is 6.61 Å². The Hall–Kier alpha value is -1.06. The van der Waals surface area contributed by atoms with Gasteiger partial charge in [-0.1, -0.05) is 18.6 Å². The zero-order valence-corrected chi connectivity index (χ0v) is 11.4. The summed E-state index contributed by atoms with van der Waals surface area (Å²) >= 11 is 0. The molecule has 0 saturated heterocycles. The van der Waals surface area contributed by atoms with E-state index >= 15 is 0 Å². The molecule has 2 atom stereocenters. The van der Waals surface area contributed by atoms with Crippen LogP contribution in [-0.4, -0.2) is 30.9 Å². The topological polar surface area (TPSA) is 41.5 Å². The Morgan fingerprint density at radius 1 is 1.32 bits per heavy atom. The molecule has 2 unspecified atom stereocenters. The quantitative estimate of drug-likeness (QED) is 0.851. The van der Waals surface area contributed by atoms with Crippen LogP contribution in [0.25, 0.3) is 0 Å². The highest BCUT2D eigenvalue weighted by atomic mass is 16.5. The van der Waals surface area contributed by atoms with Crippen molar-refractivity contribution in [1.82, 2.24) is 5.32 Å². The van der Waals surface area contributed by atoms with E-state index in [2.05, 4.69) is 23.5 Å². The molecule has 2 N–H and O–H groups in total. The highest BCUT2D eigenvalue weighted by molar-refractivity contribution is 5.39. The van der Waals surface area contributed by atoms with Crippen LogP contribution < -0.4 is 10.1 Å². The van der Waals surface area contributed by atoms with Gasteiger partial charge in [0.1, 0.15) is 5.75 Å². The summed E-state index contributed by atoms with van der Waals surface area (Å²) in [7, 11) is 0. The fourth-order valence-electron chi connectivity index (χ4n) is 3.32. The molecule has 1 aliphatic heterocycles. The molecular weight excluding hydrogens is 238 g/mol. The number of ether oxygens (including phenoxy) is 1. The number of aliphatic hydroxyl groups is 1. The number of aliphatic hydroxyl groups excluding tert-OH is 1. The maximum Gasteiger partial charge on any atom is 0.122 e. The normalized spacial score (nSPS) is 25.3. The molecule has 0 spiro atoms. The lowest BCUT2D eigenvalue weighted by atomic mass is 10.0. The van der Waals surface area contributed by atoms with Crippen LogP contribution in [0, 0.1) is 5.92 Å². The molecule has 0 radical (unpaired) electrons. The zero-order valence-electron chi connectivity index (χ0n) is 11.4. The van der Waals surface area contributed by atoms with E-state index in [1.165, 1.54) is 30.4 Å². The minimum atomic E-state index is 0.327. The first kappa shape index (κ1) is 12.9. The van der Waals surface area contributed by atoms with Crippen molar-refractivity contribution >= 4 is 0 Å². The fourth-order valence-corrected chi connectivity index (χ4v) is 3.32. The number of nitrogens with one attached hydrogen (secondary N) is 1. The molecule has 0 amide bonds. The Bertz CT molecular complexity index is 433. The van der Waals surface area contributed by atoms with Crippen LogP contribution in [0.2, 0.25) is 0 Å². The summed E-state index contributed by atoms with van der Waals surface area (Å²) < 4.78 is 5.52. The van der Waals surface area contributed by atoms with Crippen LogP contribution in [0.5, 0.6) is 5.75 Å². The standard InChI is InChI=1S/C16H23NO2/c18-11-14-2-1-3-15(14)17-8-6-12-4-5-16-13(10-12)7-9-19-16/h4-5,10,14-15,17-18H,1-3,6-9,11H2. The molecule has 1 aliphatic carbocycles. The summed E-state index contributed by atoms with van der Waals surface area (Å²) in [6.07, 6.45) is 5.74. The molecule has 1 fully saturated rings. The van der Waals surface area contributed by atoms with Gasteiger partial charge in [0, 0.05) is 19.1 Å². The van der Waals surface area contributed by atoms with Crippen molar-refractivity contribution in [2.45, 2.75) is 38.1 Å². The Kier molecular flexibility index (Phi) is 4.04.